The van der Waals surface area contributed by atoms with Crippen molar-refractivity contribution in [2.24, 2.45) is 0 Å². The molecule has 2 rings (SSSR count). The summed E-state index contributed by atoms with van der Waals surface area (Å²) in [7, 11) is 0. The Balaban J connectivity index is 2.07. The van der Waals surface area contributed by atoms with Crippen LogP contribution in [0, 0.1) is 0 Å². The highest BCUT2D eigenvalue weighted by molar-refractivity contribution is 7.11. The van der Waals surface area contributed by atoms with E-state index in [1.54, 1.807) is 5.38 Å². The van der Waals surface area contributed by atoms with Crippen molar-refractivity contribution in [3.63, 3.8) is 0 Å². The average Bonchev–Trinajstić information content (AvgIpc) is 2.65. The fourth-order valence-electron chi connectivity index (χ4n) is 1.24. The third kappa shape index (κ3) is 2.70. The van der Waals surface area contributed by atoms with Crippen LogP contribution in [0.1, 0.15) is 18.6 Å². The first-order chi connectivity index (χ1) is 7.25. The summed E-state index contributed by atoms with van der Waals surface area (Å²) >= 11 is 7.12. The van der Waals surface area contributed by atoms with Crippen LogP contribution in [0.2, 0.25) is 5.15 Å². The lowest BCUT2D eigenvalue weighted by molar-refractivity contribution is 0.226. The summed E-state index contributed by atoms with van der Waals surface area (Å²) in [6.07, 6.45) is -0.00610. The second kappa shape index (κ2) is 4.64. The van der Waals surface area contributed by atoms with Crippen LogP contribution in [0.4, 0.5) is 0 Å². The molecule has 78 valence electrons. The van der Waals surface area contributed by atoms with Crippen LogP contribution >= 0.6 is 22.9 Å². The third-order valence-electron chi connectivity index (χ3n) is 2.00. The van der Waals surface area contributed by atoms with E-state index in [-0.39, 0.29) is 6.10 Å². The summed E-state index contributed by atoms with van der Waals surface area (Å²) in [5, 5.41) is 2.85. The first-order valence-corrected chi connectivity index (χ1v) is 5.84. The molecule has 15 heavy (non-hydrogen) atoms. The maximum Gasteiger partial charge on any atom is 0.275 e. The number of rotatable bonds is 3. The fourth-order valence-corrected chi connectivity index (χ4v) is 2.10. The molecule has 0 aliphatic heterocycles. The fraction of sp³-hybridized carbons (Fsp3) is 0.182. The quantitative estimate of drug-likeness (QED) is 0.810. The monoisotopic (exact) mass is 239 g/mol. The molecule has 1 aromatic heterocycles. The van der Waals surface area contributed by atoms with Crippen LogP contribution in [0.3, 0.4) is 0 Å². The van der Waals surface area contributed by atoms with Crippen molar-refractivity contribution in [3.8, 4) is 5.19 Å². The van der Waals surface area contributed by atoms with E-state index in [0.717, 1.165) is 5.56 Å². The van der Waals surface area contributed by atoms with Crippen LogP contribution in [0.15, 0.2) is 35.7 Å². The molecule has 0 fully saturated rings. The number of nitrogens with zero attached hydrogens (tertiary/aromatic N) is 1. The number of thiazole rings is 1. The standard InChI is InChI=1S/C11H10ClNOS/c1-8(9-5-3-2-4-6-9)14-11-13-10(12)7-15-11/h2-8H,1H3. The predicted molar refractivity (Wildman–Crippen MR) is 62.6 cm³/mol. The molecule has 0 N–H and O–H groups in total. The SMILES string of the molecule is CC(Oc1nc(Cl)cs1)c1ccccc1. The zero-order valence-corrected chi connectivity index (χ0v) is 9.76. The van der Waals surface area contributed by atoms with E-state index in [1.165, 1.54) is 11.3 Å². The molecule has 0 aliphatic rings. The number of halogens is 1. The van der Waals surface area contributed by atoms with E-state index in [4.69, 9.17) is 16.3 Å². The zero-order valence-electron chi connectivity index (χ0n) is 8.18. The van der Waals surface area contributed by atoms with Crippen molar-refractivity contribution in [3.05, 3.63) is 46.4 Å². The first-order valence-electron chi connectivity index (χ1n) is 4.58. The Kier molecular flexibility index (Phi) is 3.23. The molecular weight excluding hydrogens is 230 g/mol. The van der Waals surface area contributed by atoms with Crippen LogP contribution in [0.5, 0.6) is 5.19 Å². The molecule has 0 saturated heterocycles. The van der Waals surface area contributed by atoms with Gasteiger partial charge in [-0.15, -0.1) is 0 Å². The Morgan fingerprint density at radius 1 is 1.33 bits per heavy atom. The minimum atomic E-state index is -0.00610. The van der Waals surface area contributed by atoms with Gasteiger partial charge in [-0.3, -0.25) is 0 Å². The molecule has 0 saturated carbocycles. The lowest BCUT2D eigenvalue weighted by Crippen LogP contribution is -2.02. The van der Waals surface area contributed by atoms with Gasteiger partial charge in [0.1, 0.15) is 11.3 Å². The van der Waals surface area contributed by atoms with Crippen molar-refractivity contribution < 1.29 is 4.74 Å². The number of hydrogen-bond donors (Lipinski definition) is 0. The van der Waals surface area contributed by atoms with Crippen LogP contribution in [-0.2, 0) is 0 Å². The second-order valence-corrected chi connectivity index (χ2v) is 4.31. The zero-order chi connectivity index (χ0) is 10.7. The van der Waals surface area contributed by atoms with Gasteiger partial charge in [0.2, 0.25) is 0 Å². The van der Waals surface area contributed by atoms with Crippen molar-refractivity contribution in [1.29, 1.82) is 0 Å². The first kappa shape index (κ1) is 10.5. The summed E-state index contributed by atoms with van der Waals surface area (Å²) in [5.41, 5.74) is 1.13. The molecule has 0 amide bonds. The second-order valence-electron chi connectivity index (χ2n) is 3.11. The smallest absolute Gasteiger partial charge is 0.275 e. The van der Waals surface area contributed by atoms with Gasteiger partial charge in [0.05, 0.1) is 0 Å². The molecule has 1 heterocycles. The summed E-state index contributed by atoms with van der Waals surface area (Å²) in [4.78, 5) is 4.04. The van der Waals surface area contributed by atoms with Crippen LogP contribution < -0.4 is 4.74 Å². The van der Waals surface area contributed by atoms with Crippen LogP contribution in [-0.4, -0.2) is 4.98 Å². The van der Waals surface area contributed by atoms with Gasteiger partial charge in [0, 0.05) is 5.38 Å². The Hall–Kier alpha value is -1.06. The average molecular weight is 240 g/mol. The molecule has 2 nitrogen and oxygen atoms in total. The third-order valence-corrected chi connectivity index (χ3v) is 3.05. The highest BCUT2D eigenvalue weighted by atomic mass is 35.5. The Bertz CT molecular complexity index is 429. The van der Waals surface area contributed by atoms with E-state index in [2.05, 4.69) is 4.98 Å². The molecule has 0 spiro atoms. The number of benzene rings is 1. The van der Waals surface area contributed by atoms with Gasteiger partial charge in [-0.1, -0.05) is 53.3 Å². The van der Waals surface area contributed by atoms with E-state index in [0.29, 0.717) is 10.3 Å². The molecule has 0 aliphatic carbocycles. The highest BCUT2D eigenvalue weighted by Gasteiger charge is 2.08. The van der Waals surface area contributed by atoms with Crippen molar-refractivity contribution in [2.75, 3.05) is 0 Å². The maximum atomic E-state index is 5.71. The van der Waals surface area contributed by atoms with Crippen molar-refractivity contribution in [2.45, 2.75) is 13.0 Å². The Morgan fingerprint density at radius 3 is 2.67 bits per heavy atom. The topological polar surface area (TPSA) is 22.1 Å². The van der Waals surface area contributed by atoms with Crippen LogP contribution in [0.25, 0.3) is 0 Å². The highest BCUT2D eigenvalue weighted by Crippen LogP contribution is 2.26. The largest absolute Gasteiger partial charge is 0.462 e. The summed E-state index contributed by atoms with van der Waals surface area (Å²) in [6.45, 7) is 1.99. The normalized spacial score (nSPS) is 12.4. The minimum absolute atomic E-state index is 0.00610. The van der Waals surface area contributed by atoms with Gasteiger partial charge >= 0.3 is 0 Å². The number of aromatic nitrogens is 1. The molecule has 1 atom stereocenters. The van der Waals surface area contributed by atoms with E-state index in [9.17, 15) is 0 Å². The maximum absolute atomic E-state index is 5.71. The lowest BCUT2D eigenvalue weighted by Gasteiger charge is -2.11. The van der Waals surface area contributed by atoms with Gasteiger partial charge in [0.15, 0.2) is 0 Å². The van der Waals surface area contributed by atoms with E-state index < -0.39 is 0 Å². The summed E-state index contributed by atoms with van der Waals surface area (Å²) in [6, 6.07) is 10.0. The summed E-state index contributed by atoms with van der Waals surface area (Å²) in [5.74, 6) is 0. The van der Waals surface area contributed by atoms with E-state index >= 15 is 0 Å². The molecular formula is C11H10ClNOS. The predicted octanol–water partition coefficient (Wildman–Crippen LogP) is 3.94. The molecule has 0 radical (unpaired) electrons. The molecule has 0 bridgehead atoms. The Morgan fingerprint density at radius 2 is 2.07 bits per heavy atom. The van der Waals surface area contributed by atoms with Gasteiger partial charge in [-0.05, 0) is 12.5 Å². The molecule has 1 unspecified atom stereocenters. The summed E-state index contributed by atoms with van der Waals surface area (Å²) < 4.78 is 5.64. The minimum Gasteiger partial charge on any atom is -0.462 e. The van der Waals surface area contributed by atoms with Gasteiger partial charge in [-0.2, -0.15) is 4.98 Å². The Labute approximate surface area is 97.5 Å². The van der Waals surface area contributed by atoms with Crippen molar-refractivity contribution in [1.82, 2.24) is 4.98 Å². The number of hydrogen-bond acceptors (Lipinski definition) is 3. The van der Waals surface area contributed by atoms with Gasteiger partial charge in [0.25, 0.3) is 5.19 Å². The number of ether oxygens (including phenoxy) is 1. The van der Waals surface area contributed by atoms with Gasteiger partial charge < -0.3 is 4.74 Å². The van der Waals surface area contributed by atoms with Crippen molar-refractivity contribution >= 4 is 22.9 Å². The molecule has 1 aromatic carbocycles. The molecule has 4 heteroatoms. The lowest BCUT2D eigenvalue weighted by atomic mass is 10.1. The van der Waals surface area contributed by atoms with E-state index in [1.807, 2.05) is 37.3 Å². The molecule has 2 aromatic rings. The van der Waals surface area contributed by atoms with Gasteiger partial charge in [-0.25, -0.2) is 0 Å².